The second-order valence-electron chi connectivity index (χ2n) is 5.40. The zero-order valence-electron chi connectivity index (χ0n) is 12.8. The highest BCUT2D eigenvalue weighted by molar-refractivity contribution is 5.86. The van der Waals surface area contributed by atoms with Crippen LogP contribution in [0, 0.1) is 5.82 Å². The van der Waals surface area contributed by atoms with Crippen LogP contribution in [0.2, 0.25) is 0 Å². The highest BCUT2D eigenvalue weighted by Crippen LogP contribution is 2.24. The van der Waals surface area contributed by atoms with Crippen molar-refractivity contribution in [1.82, 2.24) is 4.90 Å². The van der Waals surface area contributed by atoms with Crippen molar-refractivity contribution < 1.29 is 23.1 Å². The molecule has 122 valence electrons. The number of benzene rings is 1. The van der Waals surface area contributed by atoms with Crippen molar-refractivity contribution in [2.45, 2.75) is 12.6 Å². The van der Waals surface area contributed by atoms with Crippen LogP contribution in [0.1, 0.15) is 28.0 Å². The fourth-order valence-corrected chi connectivity index (χ4v) is 2.62. The number of halogens is 1. The molecule has 2 aromatic rings. The fraction of sp³-hybridized carbons (Fsp3) is 0.353. The molecule has 1 fully saturated rings. The number of esters is 1. The van der Waals surface area contributed by atoms with Gasteiger partial charge in [0.1, 0.15) is 11.6 Å². The van der Waals surface area contributed by atoms with E-state index in [0.29, 0.717) is 25.5 Å². The highest BCUT2D eigenvalue weighted by Gasteiger charge is 2.23. The van der Waals surface area contributed by atoms with Crippen molar-refractivity contribution in [2.75, 3.05) is 26.8 Å². The molecule has 5 nitrogen and oxygen atoms in total. The van der Waals surface area contributed by atoms with Gasteiger partial charge in [-0.2, -0.15) is 0 Å². The second-order valence-corrected chi connectivity index (χ2v) is 5.40. The molecule has 0 N–H and O–H groups in total. The molecule has 1 aromatic heterocycles. The van der Waals surface area contributed by atoms with Gasteiger partial charge in [-0.3, -0.25) is 4.90 Å². The SMILES string of the molecule is COC(=O)c1ccc(CN2CCOC(c3ccc(F)cc3)C2)o1. The minimum atomic E-state index is -0.484. The number of hydrogen-bond donors (Lipinski definition) is 0. The summed E-state index contributed by atoms with van der Waals surface area (Å²) in [5.41, 5.74) is 0.950. The standard InChI is InChI=1S/C17H18FNO4/c1-21-17(20)15-7-6-14(23-15)10-19-8-9-22-16(11-19)12-2-4-13(18)5-3-12/h2-7,16H,8-11H2,1H3. The Morgan fingerprint density at radius 3 is 2.83 bits per heavy atom. The number of ether oxygens (including phenoxy) is 2. The van der Waals surface area contributed by atoms with E-state index in [1.54, 1.807) is 24.3 Å². The zero-order chi connectivity index (χ0) is 16.2. The number of carbonyl (C=O) groups is 1. The van der Waals surface area contributed by atoms with Gasteiger partial charge in [0.2, 0.25) is 5.76 Å². The average molecular weight is 319 g/mol. The van der Waals surface area contributed by atoms with E-state index in [0.717, 1.165) is 12.1 Å². The van der Waals surface area contributed by atoms with Crippen molar-refractivity contribution in [2.24, 2.45) is 0 Å². The lowest BCUT2D eigenvalue weighted by Crippen LogP contribution is -2.37. The van der Waals surface area contributed by atoms with Crippen molar-refractivity contribution in [3.05, 3.63) is 59.3 Å². The van der Waals surface area contributed by atoms with Gasteiger partial charge in [0.15, 0.2) is 0 Å². The van der Waals surface area contributed by atoms with Crippen LogP contribution in [0.4, 0.5) is 4.39 Å². The maximum atomic E-state index is 13.0. The summed E-state index contributed by atoms with van der Waals surface area (Å²) < 4.78 is 28.9. The van der Waals surface area contributed by atoms with Gasteiger partial charge in [-0.25, -0.2) is 9.18 Å². The Kier molecular flexibility index (Phi) is 4.73. The van der Waals surface area contributed by atoms with Gasteiger partial charge < -0.3 is 13.9 Å². The first-order valence-corrected chi connectivity index (χ1v) is 7.42. The van der Waals surface area contributed by atoms with Crippen LogP contribution in [0.25, 0.3) is 0 Å². The van der Waals surface area contributed by atoms with Crippen LogP contribution in [0.3, 0.4) is 0 Å². The van der Waals surface area contributed by atoms with E-state index < -0.39 is 5.97 Å². The smallest absolute Gasteiger partial charge is 0.373 e. The highest BCUT2D eigenvalue weighted by atomic mass is 19.1. The summed E-state index contributed by atoms with van der Waals surface area (Å²) >= 11 is 0. The van der Waals surface area contributed by atoms with Crippen LogP contribution in [-0.4, -0.2) is 37.7 Å². The van der Waals surface area contributed by atoms with Gasteiger partial charge in [0.25, 0.3) is 0 Å². The molecule has 1 aliphatic rings. The summed E-state index contributed by atoms with van der Waals surface area (Å²) in [6.45, 7) is 2.62. The van der Waals surface area contributed by atoms with Gasteiger partial charge in [0, 0.05) is 13.1 Å². The molecule has 2 heterocycles. The molecular weight excluding hydrogens is 301 g/mol. The first kappa shape index (κ1) is 15.7. The van der Waals surface area contributed by atoms with Crippen LogP contribution >= 0.6 is 0 Å². The third-order valence-corrected chi connectivity index (χ3v) is 3.82. The molecule has 1 unspecified atom stereocenters. The molecule has 0 bridgehead atoms. The van der Waals surface area contributed by atoms with Crippen molar-refractivity contribution in [1.29, 1.82) is 0 Å². The number of rotatable bonds is 4. The third-order valence-electron chi connectivity index (χ3n) is 3.82. The lowest BCUT2D eigenvalue weighted by molar-refractivity contribution is -0.0348. The van der Waals surface area contributed by atoms with Crippen molar-refractivity contribution in [3.8, 4) is 0 Å². The van der Waals surface area contributed by atoms with Crippen molar-refractivity contribution in [3.63, 3.8) is 0 Å². The normalized spacial score (nSPS) is 18.8. The maximum absolute atomic E-state index is 13.0. The van der Waals surface area contributed by atoms with E-state index in [2.05, 4.69) is 9.64 Å². The third kappa shape index (κ3) is 3.78. The predicted molar refractivity (Wildman–Crippen MR) is 80.4 cm³/mol. The van der Waals surface area contributed by atoms with Crippen molar-refractivity contribution >= 4 is 5.97 Å². The van der Waals surface area contributed by atoms with E-state index in [-0.39, 0.29) is 17.7 Å². The Balaban J connectivity index is 1.63. The number of nitrogens with zero attached hydrogens (tertiary/aromatic N) is 1. The Morgan fingerprint density at radius 2 is 2.09 bits per heavy atom. The molecule has 0 amide bonds. The lowest BCUT2D eigenvalue weighted by Gasteiger charge is -2.32. The van der Waals surface area contributed by atoms with Gasteiger partial charge in [-0.15, -0.1) is 0 Å². The van der Waals surface area contributed by atoms with E-state index in [4.69, 9.17) is 9.15 Å². The second kappa shape index (κ2) is 6.93. The molecule has 0 radical (unpaired) electrons. The molecular formula is C17H18FNO4. The van der Waals surface area contributed by atoms with Crippen LogP contribution < -0.4 is 0 Å². The zero-order valence-corrected chi connectivity index (χ0v) is 12.8. The van der Waals surface area contributed by atoms with E-state index in [1.165, 1.54) is 19.2 Å². The number of morpholine rings is 1. The summed E-state index contributed by atoms with van der Waals surface area (Å²) in [5, 5.41) is 0. The lowest BCUT2D eigenvalue weighted by atomic mass is 10.1. The molecule has 1 aromatic carbocycles. The Labute approximate surface area is 133 Å². The summed E-state index contributed by atoms with van der Waals surface area (Å²) in [6, 6.07) is 9.74. The molecule has 0 saturated carbocycles. The predicted octanol–water partition coefficient (Wildman–Crippen LogP) is 2.78. The molecule has 1 saturated heterocycles. The molecule has 6 heteroatoms. The van der Waals surface area contributed by atoms with Gasteiger partial charge >= 0.3 is 5.97 Å². The number of hydrogen-bond acceptors (Lipinski definition) is 5. The first-order valence-electron chi connectivity index (χ1n) is 7.42. The van der Waals surface area contributed by atoms with Gasteiger partial charge in [-0.05, 0) is 29.8 Å². The average Bonchev–Trinajstić information content (AvgIpc) is 3.03. The van der Waals surface area contributed by atoms with Crippen LogP contribution in [0.15, 0.2) is 40.8 Å². The quantitative estimate of drug-likeness (QED) is 0.811. The minimum Gasteiger partial charge on any atom is -0.463 e. The van der Waals surface area contributed by atoms with E-state index in [1.807, 2.05) is 0 Å². The van der Waals surface area contributed by atoms with Crippen LogP contribution in [0.5, 0.6) is 0 Å². The molecule has 23 heavy (non-hydrogen) atoms. The van der Waals surface area contributed by atoms with E-state index in [9.17, 15) is 9.18 Å². The minimum absolute atomic E-state index is 0.0978. The van der Waals surface area contributed by atoms with Crippen LogP contribution in [-0.2, 0) is 16.0 Å². The monoisotopic (exact) mass is 319 g/mol. The number of carbonyl (C=O) groups excluding carboxylic acids is 1. The maximum Gasteiger partial charge on any atom is 0.373 e. The van der Waals surface area contributed by atoms with Gasteiger partial charge in [0.05, 0.1) is 26.4 Å². The number of methoxy groups -OCH3 is 1. The molecule has 1 atom stereocenters. The largest absolute Gasteiger partial charge is 0.463 e. The topological polar surface area (TPSA) is 51.9 Å². The summed E-state index contributed by atoms with van der Waals surface area (Å²) in [4.78, 5) is 13.6. The summed E-state index contributed by atoms with van der Waals surface area (Å²) in [5.74, 6) is 0.158. The van der Waals surface area contributed by atoms with E-state index >= 15 is 0 Å². The molecule has 3 rings (SSSR count). The molecule has 0 spiro atoms. The first-order chi connectivity index (χ1) is 11.2. The molecule has 1 aliphatic heterocycles. The summed E-state index contributed by atoms with van der Waals surface area (Å²) in [6.07, 6.45) is -0.0978. The Bertz CT molecular complexity index is 667. The fourth-order valence-electron chi connectivity index (χ4n) is 2.62. The van der Waals surface area contributed by atoms with Gasteiger partial charge in [-0.1, -0.05) is 12.1 Å². The molecule has 0 aliphatic carbocycles. The number of furan rings is 1. The summed E-state index contributed by atoms with van der Waals surface area (Å²) in [7, 11) is 1.32. The Hall–Kier alpha value is -2.18. The Morgan fingerprint density at radius 1 is 1.30 bits per heavy atom.